The van der Waals surface area contributed by atoms with Gasteiger partial charge in [0.25, 0.3) is 0 Å². The molecular formula is C22H28NO+. The summed E-state index contributed by atoms with van der Waals surface area (Å²) in [7, 11) is 4.26. The third kappa shape index (κ3) is 3.53. The van der Waals surface area contributed by atoms with Gasteiger partial charge in [0.2, 0.25) is 0 Å². The highest BCUT2D eigenvalue weighted by atomic mass is 16.3. The Morgan fingerprint density at radius 2 is 1.21 bits per heavy atom. The Hall–Kier alpha value is -2.08. The lowest BCUT2D eigenvalue weighted by Crippen LogP contribution is -3.14. The van der Waals surface area contributed by atoms with Crippen molar-refractivity contribution in [3.05, 3.63) is 71.8 Å². The summed E-state index contributed by atoms with van der Waals surface area (Å²) in [6.07, 6.45) is 1.89. The first-order valence-electron chi connectivity index (χ1n) is 8.67. The van der Waals surface area contributed by atoms with Gasteiger partial charge in [-0.2, -0.15) is 0 Å². The molecule has 2 rings (SSSR count). The molecule has 0 unspecified atom stereocenters. The van der Waals surface area contributed by atoms with Gasteiger partial charge in [-0.3, -0.25) is 0 Å². The van der Waals surface area contributed by atoms with Gasteiger partial charge in [0.15, 0.2) is 11.1 Å². The van der Waals surface area contributed by atoms with Gasteiger partial charge in [0, 0.05) is 24.0 Å². The van der Waals surface area contributed by atoms with Crippen LogP contribution in [0.5, 0.6) is 0 Å². The Labute approximate surface area is 146 Å². The van der Waals surface area contributed by atoms with Crippen LogP contribution in [0.1, 0.15) is 37.8 Å². The van der Waals surface area contributed by atoms with Crippen LogP contribution < -0.4 is 4.90 Å². The van der Waals surface area contributed by atoms with Crippen LogP contribution in [0.3, 0.4) is 0 Å². The van der Waals surface area contributed by atoms with Crippen molar-refractivity contribution in [3.8, 4) is 11.8 Å². The predicted octanol–water partition coefficient (Wildman–Crippen LogP) is 2.63. The van der Waals surface area contributed by atoms with Gasteiger partial charge >= 0.3 is 0 Å². The number of nitrogens with one attached hydrogen (secondary N) is 1. The Balaban J connectivity index is 2.60. The van der Waals surface area contributed by atoms with Gasteiger partial charge in [-0.1, -0.05) is 80.4 Å². The number of aliphatic hydroxyl groups is 1. The van der Waals surface area contributed by atoms with Crippen molar-refractivity contribution < 1.29 is 10.0 Å². The standard InChI is InChI=1S/C22H27NO/c1-5-21(6-2,23(3)4)17-18-22(24,19-13-9-7-10-14-19)20-15-11-8-12-16-20/h7-16,24H,5-6H2,1-4H3/p+1. The number of benzene rings is 2. The monoisotopic (exact) mass is 322 g/mol. The van der Waals surface area contributed by atoms with E-state index in [1.807, 2.05) is 60.7 Å². The molecule has 0 aliphatic rings. The molecule has 0 aliphatic heterocycles. The summed E-state index contributed by atoms with van der Waals surface area (Å²) in [5, 5.41) is 11.5. The number of quaternary nitrogens is 1. The number of hydrogen-bond acceptors (Lipinski definition) is 1. The second kappa shape index (κ2) is 7.66. The maximum absolute atomic E-state index is 11.5. The van der Waals surface area contributed by atoms with Crippen molar-refractivity contribution in [1.82, 2.24) is 0 Å². The fourth-order valence-corrected chi connectivity index (χ4v) is 3.14. The van der Waals surface area contributed by atoms with Gasteiger partial charge in [-0.05, 0) is 5.92 Å². The molecule has 2 aromatic rings. The highest BCUT2D eigenvalue weighted by molar-refractivity contribution is 5.45. The van der Waals surface area contributed by atoms with Gasteiger partial charge < -0.3 is 10.0 Å². The van der Waals surface area contributed by atoms with Crippen molar-refractivity contribution in [2.45, 2.75) is 37.8 Å². The first-order chi connectivity index (χ1) is 11.5. The van der Waals surface area contributed by atoms with Crippen molar-refractivity contribution in [3.63, 3.8) is 0 Å². The highest BCUT2D eigenvalue weighted by Crippen LogP contribution is 2.29. The first kappa shape index (κ1) is 18.3. The number of rotatable bonds is 5. The topological polar surface area (TPSA) is 24.7 Å². The summed E-state index contributed by atoms with van der Waals surface area (Å²) in [5.74, 6) is 6.67. The molecule has 0 heterocycles. The summed E-state index contributed by atoms with van der Waals surface area (Å²) in [6.45, 7) is 4.32. The molecular weight excluding hydrogens is 294 g/mol. The normalized spacial score (nSPS) is 11.9. The van der Waals surface area contributed by atoms with E-state index >= 15 is 0 Å². The molecule has 0 bridgehead atoms. The molecule has 24 heavy (non-hydrogen) atoms. The lowest BCUT2D eigenvalue weighted by atomic mass is 9.84. The SMILES string of the molecule is CCC(C#CC(O)(c1ccccc1)c1ccccc1)(CC)[NH+](C)C. The number of hydrogen-bond donors (Lipinski definition) is 2. The summed E-state index contributed by atoms with van der Waals surface area (Å²) in [6, 6.07) is 19.4. The molecule has 0 spiro atoms. The highest BCUT2D eigenvalue weighted by Gasteiger charge is 2.34. The Kier molecular flexibility index (Phi) is 5.83. The summed E-state index contributed by atoms with van der Waals surface area (Å²) in [4.78, 5) is 1.29. The van der Waals surface area contributed by atoms with Crippen molar-refractivity contribution >= 4 is 0 Å². The summed E-state index contributed by atoms with van der Waals surface area (Å²) < 4.78 is 0. The van der Waals surface area contributed by atoms with Crippen LogP contribution >= 0.6 is 0 Å². The molecule has 0 aromatic heterocycles. The van der Waals surface area contributed by atoms with Crippen LogP contribution in [0, 0.1) is 11.8 Å². The summed E-state index contributed by atoms with van der Waals surface area (Å²) >= 11 is 0. The van der Waals surface area contributed by atoms with E-state index in [9.17, 15) is 5.11 Å². The Morgan fingerprint density at radius 3 is 1.54 bits per heavy atom. The average Bonchev–Trinajstić information content (AvgIpc) is 2.64. The minimum absolute atomic E-state index is 0.155. The fourth-order valence-electron chi connectivity index (χ4n) is 3.14. The third-order valence-electron chi connectivity index (χ3n) is 5.03. The van der Waals surface area contributed by atoms with E-state index in [1.165, 1.54) is 4.90 Å². The van der Waals surface area contributed by atoms with E-state index in [-0.39, 0.29) is 5.54 Å². The van der Waals surface area contributed by atoms with Crippen molar-refractivity contribution in [2.24, 2.45) is 0 Å². The molecule has 0 saturated heterocycles. The Bertz CT molecular complexity index is 651. The van der Waals surface area contributed by atoms with E-state index in [0.717, 1.165) is 24.0 Å². The molecule has 0 radical (unpaired) electrons. The van der Waals surface area contributed by atoms with E-state index in [1.54, 1.807) is 0 Å². The second-order valence-electron chi connectivity index (χ2n) is 6.48. The van der Waals surface area contributed by atoms with Gasteiger partial charge in [-0.15, -0.1) is 0 Å². The zero-order valence-electron chi connectivity index (χ0n) is 15.1. The van der Waals surface area contributed by atoms with Crippen LogP contribution in [-0.2, 0) is 5.60 Å². The van der Waals surface area contributed by atoms with Crippen LogP contribution in [0.15, 0.2) is 60.7 Å². The molecule has 0 saturated carbocycles. The molecule has 0 fully saturated rings. The van der Waals surface area contributed by atoms with Crippen LogP contribution in [0.2, 0.25) is 0 Å². The molecule has 2 N–H and O–H groups in total. The second-order valence-corrected chi connectivity index (χ2v) is 6.48. The first-order valence-corrected chi connectivity index (χ1v) is 8.67. The molecule has 2 heteroatoms. The van der Waals surface area contributed by atoms with Crippen LogP contribution in [0.25, 0.3) is 0 Å². The zero-order valence-corrected chi connectivity index (χ0v) is 15.1. The molecule has 0 atom stereocenters. The fraction of sp³-hybridized carbons (Fsp3) is 0.364. The molecule has 126 valence electrons. The molecule has 0 amide bonds. The average molecular weight is 322 g/mol. The van der Waals surface area contributed by atoms with Crippen LogP contribution in [-0.4, -0.2) is 24.7 Å². The van der Waals surface area contributed by atoms with Crippen molar-refractivity contribution in [2.75, 3.05) is 14.1 Å². The third-order valence-corrected chi connectivity index (χ3v) is 5.03. The quantitative estimate of drug-likeness (QED) is 0.813. The largest absolute Gasteiger partial charge is 0.369 e. The lowest BCUT2D eigenvalue weighted by molar-refractivity contribution is -0.905. The van der Waals surface area contributed by atoms with Gasteiger partial charge in [0.1, 0.15) is 0 Å². The predicted molar refractivity (Wildman–Crippen MR) is 99.8 cm³/mol. The molecule has 0 aliphatic carbocycles. The zero-order chi connectivity index (χ0) is 17.6. The van der Waals surface area contributed by atoms with Crippen LogP contribution in [0.4, 0.5) is 0 Å². The smallest absolute Gasteiger partial charge is 0.177 e. The summed E-state index contributed by atoms with van der Waals surface area (Å²) in [5.41, 5.74) is 0.155. The minimum Gasteiger partial charge on any atom is -0.369 e. The Morgan fingerprint density at radius 1 is 0.792 bits per heavy atom. The van der Waals surface area contributed by atoms with Crippen molar-refractivity contribution in [1.29, 1.82) is 0 Å². The minimum atomic E-state index is -1.30. The lowest BCUT2D eigenvalue weighted by Gasteiger charge is -2.31. The van der Waals surface area contributed by atoms with E-state index in [2.05, 4.69) is 39.8 Å². The maximum atomic E-state index is 11.5. The van der Waals surface area contributed by atoms with Gasteiger partial charge in [-0.25, -0.2) is 0 Å². The maximum Gasteiger partial charge on any atom is 0.177 e. The molecule has 2 nitrogen and oxygen atoms in total. The van der Waals surface area contributed by atoms with E-state index in [4.69, 9.17) is 0 Å². The van der Waals surface area contributed by atoms with E-state index < -0.39 is 5.60 Å². The van der Waals surface area contributed by atoms with Gasteiger partial charge in [0.05, 0.1) is 14.1 Å². The molecule has 2 aromatic carbocycles. The van der Waals surface area contributed by atoms with E-state index in [0.29, 0.717) is 0 Å².